The second-order valence-corrected chi connectivity index (χ2v) is 3.36. The molecule has 1 aromatic rings. The van der Waals surface area contributed by atoms with Crippen LogP contribution in [-0.2, 0) is 0 Å². The van der Waals surface area contributed by atoms with Crippen molar-refractivity contribution in [2.75, 3.05) is 7.11 Å². The van der Waals surface area contributed by atoms with Crippen LogP contribution in [0.4, 0.5) is 4.79 Å². The number of carbonyl (C=O) groups excluding carboxylic acids is 1. The van der Waals surface area contributed by atoms with Crippen LogP contribution in [0.2, 0.25) is 0 Å². The molecule has 2 amide bonds. The molecule has 86 valence electrons. The number of aryl methyl sites for hydroxylation is 1. The number of hydrazone groups is 1. The van der Waals surface area contributed by atoms with E-state index in [0.717, 1.165) is 16.9 Å². The predicted octanol–water partition coefficient (Wildman–Crippen LogP) is 1.40. The van der Waals surface area contributed by atoms with E-state index in [4.69, 9.17) is 10.5 Å². The maximum Gasteiger partial charge on any atom is 0.332 e. The number of hydrogen-bond donors (Lipinski definition) is 2. The van der Waals surface area contributed by atoms with Gasteiger partial charge in [0.05, 0.1) is 12.8 Å². The number of nitrogens with two attached hydrogens (primary N) is 1. The second-order valence-electron chi connectivity index (χ2n) is 3.36. The Kier molecular flexibility index (Phi) is 3.88. The Bertz CT molecular complexity index is 427. The van der Waals surface area contributed by atoms with Crippen molar-refractivity contribution < 1.29 is 9.53 Å². The van der Waals surface area contributed by atoms with Gasteiger partial charge in [-0.05, 0) is 25.5 Å². The van der Waals surface area contributed by atoms with Gasteiger partial charge in [-0.3, -0.25) is 0 Å². The molecule has 0 aliphatic carbocycles. The molecule has 0 heterocycles. The molecule has 0 fully saturated rings. The molecule has 3 N–H and O–H groups in total. The van der Waals surface area contributed by atoms with Gasteiger partial charge in [0.15, 0.2) is 0 Å². The van der Waals surface area contributed by atoms with Crippen molar-refractivity contribution in [3.8, 4) is 5.75 Å². The fourth-order valence-corrected chi connectivity index (χ4v) is 1.25. The highest BCUT2D eigenvalue weighted by molar-refractivity contribution is 5.99. The Labute approximate surface area is 94.3 Å². The Morgan fingerprint density at radius 2 is 2.19 bits per heavy atom. The number of carbonyl (C=O) groups is 1. The SMILES string of the molecule is COc1cc(/C(C)=N/NC(N)=O)ccc1C. The van der Waals surface area contributed by atoms with Crippen molar-refractivity contribution in [2.45, 2.75) is 13.8 Å². The molecule has 0 saturated heterocycles. The first-order valence-electron chi connectivity index (χ1n) is 4.79. The largest absolute Gasteiger partial charge is 0.496 e. The summed E-state index contributed by atoms with van der Waals surface area (Å²) in [6.45, 7) is 3.73. The van der Waals surface area contributed by atoms with Gasteiger partial charge in [0.25, 0.3) is 0 Å². The summed E-state index contributed by atoms with van der Waals surface area (Å²) in [5.74, 6) is 0.783. The van der Waals surface area contributed by atoms with Crippen molar-refractivity contribution in [3.63, 3.8) is 0 Å². The number of rotatable bonds is 3. The maximum absolute atomic E-state index is 10.5. The number of primary amides is 1. The first-order chi connectivity index (χ1) is 7.54. The third-order valence-electron chi connectivity index (χ3n) is 2.16. The van der Waals surface area contributed by atoms with E-state index in [2.05, 4.69) is 10.5 Å². The predicted molar refractivity (Wildman–Crippen MR) is 62.7 cm³/mol. The molecule has 0 radical (unpaired) electrons. The molecule has 16 heavy (non-hydrogen) atoms. The number of amides is 2. The summed E-state index contributed by atoms with van der Waals surface area (Å²) in [6, 6.07) is 5.01. The number of urea groups is 1. The Morgan fingerprint density at radius 1 is 1.50 bits per heavy atom. The Hall–Kier alpha value is -2.04. The lowest BCUT2D eigenvalue weighted by Crippen LogP contribution is -2.25. The van der Waals surface area contributed by atoms with E-state index in [-0.39, 0.29) is 0 Å². The van der Waals surface area contributed by atoms with Gasteiger partial charge >= 0.3 is 6.03 Å². The zero-order chi connectivity index (χ0) is 12.1. The number of hydrogen-bond acceptors (Lipinski definition) is 3. The van der Waals surface area contributed by atoms with Crippen molar-refractivity contribution in [1.29, 1.82) is 0 Å². The van der Waals surface area contributed by atoms with E-state index >= 15 is 0 Å². The minimum absolute atomic E-state index is 0.664. The minimum atomic E-state index is -0.682. The van der Waals surface area contributed by atoms with Crippen molar-refractivity contribution in [2.24, 2.45) is 10.8 Å². The fourth-order valence-electron chi connectivity index (χ4n) is 1.25. The Morgan fingerprint density at radius 3 is 2.75 bits per heavy atom. The van der Waals surface area contributed by atoms with E-state index < -0.39 is 6.03 Å². The summed E-state index contributed by atoms with van der Waals surface area (Å²) in [6.07, 6.45) is 0. The van der Waals surface area contributed by atoms with Crippen molar-refractivity contribution in [1.82, 2.24) is 5.43 Å². The van der Waals surface area contributed by atoms with Crippen LogP contribution < -0.4 is 15.9 Å². The molecule has 5 nitrogen and oxygen atoms in total. The quantitative estimate of drug-likeness (QED) is 0.597. The van der Waals surface area contributed by atoms with Gasteiger partial charge in [0.2, 0.25) is 0 Å². The monoisotopic (exact) mass is 221 g/mol. The summed E-state index contributed by atoms with van der Waals surface area (Å²) in [5.41, 5.74) is 9.68. The molecule has 0 bridgehead atoms. The van der Waals surface area contributed by atoms with E-state index in [1.807, 2.05) is 25.1 Å². The molecule has 1 aromatic carbocycles. The van der Waals surface area contributed by atoms with Crippen molar-refractivity contribution >= 4 is 11.7 Å². The summed E-state index contributed by atoms with van der Waals surface area (Å²) in [7, 11) is 1.61. The third-order valence-corrected chi connectivity index (χ3v) is 2.16. The van der Waals surface area contributed by atoms with Crippen LogP contribution >= 0.6 is 0 Å². The minimum Gasteiger partial charge on any atom is -0.496 e. The lowest BCUT2D eigenvalue weighted by atomic mass is 10.1. The zero-order valence-electron chi connectivity index (χ0n) is 9.57. The Balaban J connectivity index is 2.95. The number of nitrogens with one attached hydrogen (secondary N) is 1. The third kappa shape index (κ3) is 2.98. The zero-order valence-corrected chi connectivity index (χ0v) is 9.57. The van der Waals surface area contributed by atoms with Crippen LogP contribution in [0.25, 0.3) is 0 Å². The van der Waals surface area contributed by atoms with Gasteiger partial charge in [0.1, 0.15) is 5.75 Å². The molecule has 0 aliphatic rings. The first kappa shape index (κ1) is 12.0. The molecule has 0 aromatic heterocycles. The van der Waals surface area contributed by atoms with Gasteiger partial charge in [-0.2, -0.15) is 5.10 Å². The molecular formula is C11H15N3O2. The number of methoxy groups -OCH3 is 1. The van der Waals surface area contributed by atoms with Gasteiger partial charge in [0, 0.05) is 5.56 Å². The molecular weight excluding hydrogens is 206 g/mol. The maximum atomic E-state index is 10.5. The van der Waals surface area contributed by atoms with Crippen LogP contribution in [0.15, 0.2) is 23.3 Å². The van der Waals surface area contributed by atoms with E-state index in [1.165, 1.54) is 0 Å². The van der Waals surface area contributed by atoms with E-state index in [1.54, 1.807) is 14.0 Å². The number of nitrogens with zero attached hydrogens (tertiary/aromatic N) is 1. The standard InChI is InChI=1S/C11H15N3O2/c1-7-4-5-9(6-10(7)16-3)8(2)13-14-11(12)15/h4-6H,1-3H3,(H3,12,14,15)/b13-8+. The number of ether oxygens (including phenoxy) is 1. The van der Waals surface area contributed by atoms with Crippen LogP contribution in [-0.4, -0.2) is 18.9 Å². The van der Waals surface area contributed by atoms with Crippen LogP contribution in [0.5, 0.6) is 5.75 Å². The highest BCUT2D eigenvalue weighted by Gasteiger charge is 2.03. The van der Waals surface area contributed by atoms with E-state index in [9.17, 15) is 4.79 Å². The lowest BCUT2D eigenvalue weighted by Gasteiger charge is -2.07. The highest BCUT2D eigenvalue weighted by Crippen LogP contribution is 2.19. The van der Waals surface area contributed by atoms with Gasteiger partial charge in [-0.1, -0.05) is 12.1 Å². The van der Waals surface area contributed by atoms with Gasteiger partial charge in [-0.25, -0.2) is 10.2 Å². The molecule has 0 saturated carbocycles. The fraction of sp³-hybridized carbons (Fsp3) is 0.273. The van der Waals surface area contributed by atoms with Crippen LogP contribution in [0.3, 0.4) is 0 Å². The van der Waals surface area contributed by atoms with Gasteiger partial charge < -0.3 is 10.5 Å². The highest BCUT2D eigenvalue weighted by atomic mass is 16.5. The van der Waals surface area contributed by atoms with Crippen molar-refractivity contribution in [3.05, 3.63) is 29.3 Å². The summed E-state index contributed by atoms with van der Waals surface area (Å²) < 4.78 is 5.19. The molecule has 5 heteroatoms. The normalized spacial score (nSPS) is 11.1. The molecule has 1 rings (SSSR count). The molecule has 0 spiro atoms. The molecule has 0 atom stereocenters. The second kappa shape index (κ2) is 5.16. The average Bonchev–Trinajstić information content (AvgIpc) is 2.26. The van der Waals surface area contributed by atoms with Gasteiger partial charge in [-0.15, -0.1) is 0 Å². The topological polar surface area (TPSA) is 76.7 Å². The first-order valence-corrected chi connectivity index (χ1v) is 4.79. The van der Waals surface area contributed by atoms with Crippen LogP contribution in [0, 0.1) is 6.92 Å². The molecule has 0 unspecified atom stereocenters. The summed E-state index contributed by atoms with van der Waals surface area (Å²) >= 11 is 0. The lowest BCUT2D eigenvalue weighted by molar-refractivity contribution is 0.249. The van der Waals surface area contributed by atoms with Crippen LogP contribution in [0.1, 0.15) is 18.1 Å². The smallest absolute Gasteiger partial charge is 0.332 e. The molecule has 0 aliphatic heterocycles. The summed E-state index contributed by atoms with van der Waals surface area (Å²) in [5, 5.41) is 3.84. The summed E-state index contributed by atoms with van der Waals surface area (Å²) in [4.78, 5) is 10.5. The van der Waals surface area contributed by atoms with E-state index in [0.29, 0.717) is 5.71 Å². The average molecular weight is 221 g/mol. The number of benzene rings is 1.